The number of nitrogens with zero attached hydrogens (tertiary/aromatic N) is 2. The van der Waals surface area contributed by atoms with E-state index in [-0.39, 0.29) is 5.75 Å². The third-order valence-corrected chi connectivity index (χ3v) is 1.58. The number of phenolic OH excluding ortho intramolecular Hbond substituents is 1. The first-order valence-corrected chi connectivity index (χ1v) is 3.74. The minimum atomic E-state index is 0.182. The summed E-state index contributed by atoms with van der Waals surface area (Å²) in [7, 11) is 0. The first-order valence-electron chi connectivity index (χ1n) is 3.74. The summed E-state index contributed by atoms with van der Waals surface area (Å²) in [6.45, 7) is 2.49. The van der Waals surface area contributed by atoms with Crippen molar-refractivity contribution in [2.45, 2.75) is 6.92 Å². The first kappa shape index (κ1) is 8.41. The van der Waals surface area contributed by atoms with E-state index in [0.717, 1.165) is 5.69 Å². The van der Waals surface area contributed by atoms with Gasteiger partial charge in [0.2, 0.25) is 0 Å². The van der Waals surface area contributed by atoms with Crippen LogP contribution in [0.2, 0.25) is 0 Å². The summed E-state index contributed by atoms with van der Waals surface area (Å²) in [5.41, 5.74) is 0.722. The van der Waals surface area contributed by atoms with Gasteiger partial charge in [-0.25, -0.2) is 0 Å². The molecule has 0 amide bonds. The smallest absolute Gasteiger partial charge is 0.184 e. The van der Waals surface area contributed by atoms with Crippen LogP contribution in [0.15, 0.2) is 24.3 Å². The molecule has 3 heteroatoms. The van der Waals surface area contributed by atoms with Crippen LogP contribution in [0.4, 0.5) is 5.69 Å². The van der Waals surface area contributed by atoms with Gasteiger partial charge in [-0.15, -0.1) is 0 Å². The average molecular weight is 162 g/mol. The minimum absolute atomic E-state index is 0.182. The van der Waals surface area contributed by atoms with Crippen LogP contribution in [-0.2, 0) is 0 Å². The SMILES string of the molecule is CCN(C#N)c1cccc(O)c1. The minimum Gasteiger partial charge on any atom is -0.508 e. The van der Waals surface area contributed by atoms with E-state index in [1.54, 1.807) is 24.3 Å². The van der Waals surface area contributed by atoms with Crippen molar-refractivity contribution in [3.63, 3.8) is 0 Å². The highest BCUT2D eigenvalue weighted by Gasteiger charge is 2.01. The fourth-order valence-electron chi connectivity index (χ4n) is 0.972. The highest BCUT2D eigenvalue weighted by Crippen LogP contribution is 2.18. The lowest BCUT2D eigenvalue weighted by molar-refractivity contribution is 0.475. The van der Waals surface area contributed by atoms with Gasteiger partial charge in [-0.1, -0.05) is 6.07 Å². The van der Waals surface area contributed by atoms with E-state index in [9.17, 15) is 0 Å². The molecule has 12 heavy (non-hydrogen) atoms. The molecule has 0 radical (unpaired) electrons. The molecule has 1 rings (SSSR count). The standard InChI is InChI=1S/C9H10N2O/c1-2-11(7-10)8-4-3-5-9(12)6-8/h3-6,12H,2H2,1H3. The van der Waals surface area contributed by atoms with Gasteiger partial charge in [0.1, 0.15) is 5.75 Å². The fourth-order valence-corrected chi connectivity index (χ4v) is 0.972. The number of hydrogen-bond acceptors (Lipinski definition) is 3. The van der Waals surface area contributed by atoms with Crippen molar-refractivity contribution in [3.05, 3.63) is 24.3 Å². The zero-order valence-corrected chi connectivity index (χ0v) is 6.86. The van der Waals surface area contributed by atoms with Gasteiger partial charge in [0.05, 0.1) is 5.69 Å². The number of nitriles is 1. The second-order valence-corrected chi connectivity index (χ2v) is 2.36. The van der Waals surface area contributed by atoms with Gasteiger partial charge in [0.25, 0.3) is 0 Å². The van der Waals surface area contributed by atoms with Gasteiger partial charge in [0, 0.05) is 12.6 Å². The summed E-state index contributed by atoms with van der Waals surface area (Å²) in [6, 6.07) is 6.64. The van der Waals surface area contributed by atoms with Crippen molar-refractivity contribution in [3.8, 4) is 11.9 Å². The molecule has 0 saturated heterocycles. The molecular formula is C9H10N2O. The number of rotatable bonds is 2. The zero-order chi connectivity index (χ0) is 8.97. The van der Waals surface area contributed by atoms with Crippen LogP contribution >= 0.6 is 0 Å². The molecule has 0 fully saturated rings. The number of benzene rings is 1. The Morgan fingerprint density at radius 3 is 2.83 bits per heavy atom. The molecule has 1 aromatic carbocycles. The fraction of sp³-hybridized carbons (Fsp3) is 0.222. The predicted molar refractivity (Wildman–Crippen MR) is 46.7 cm³/mol. The summed E-state index contributed by atoms with van der Waals surface area (Å²) in [4.78, 5) is 1.50. The molecule has 0 aliphatic rings. The highest BCUT2D eigenvalue weighted by atomic mass is 16.3. The van der Waals surface area contributed by atoms with E-state index in [1.165, 1.54) is 4.90 Å². The van der Waals surface area contributed by atoms with E-state index >= 15 is 0 Å². The van der Waals surface area contributed by atoms with Crippen molar-refractivity contribution in [1.82, 2.24) is 0 Å². The summed E-state index contributed by atoms with van der Waals surface area (Å²) < 4.78 is 0. The van der Waals surface area contributed by atoms with Crippen LogP contribution < -0.4 is 4.90 Å². The largest absolute Gasteiger partial charge is 0.508 e. The van der Waals surface area contributed by atoms with Crippen LogP contribution in [0.5, 0.6) is 5.75 Å². The Hall–Kier alpha value is -1.69. The Bertz CT molecular complexity index is 304. The molecule has 0 heterocycles. The Kier molecular flexibility index (Phi) is 2.54. The van der Waals surface area contributed by atoms with Gasteiger partial charge in [-0.05, 0) is 19.1 Å². The molecule has 1 N–H and O–H groups in total. The van der Waals surface area contributed by atoms with Gasteiger partial charge < -0.3 is 5.11 Å². The van der Waals surface area contributed by atoms with Crippen LogP contribution in [0.1, 0.15) is 6.92 Å². The lowest BCUT2D eigenvalue weighted by Crippen LogP contribution is -2.14. The predicted octanol–water partition coefficient (Wildman–Crippen LogP) is 1.70. The van der Waals surface area contributed by atoms with E-state index in [4.69, 9.17) is 10.4 Å². The van der Waals surface area contributed by atoms with Gasteiger partial charge in [-0.3, -0.25) is 4.90 Å². The number of anilines is 1. The van der Waals surface area contributed by atoms with Crippen LogP contribution in [-0.4, -0.2) is 11.7 Å². The van der Waals surface area contributed by atoms with Crippen molar-refractivity contribution < 1.29 is 5.11 Å². The van der Waals surface area contributed by atoms with Crippen molar-refractivity contribution in [1.29, 1.82) is 5.26 Å². The lowest BCUT2D eigenvalue weighted by Gasteiger charge is -2.12. The van der Waals surface area contributed by atoms with Crippen LogP contribution in [0, 0.1) is 11.5 Å². The molecule has 0 aromatic heterocycles. The first-order chi connectivity index (χ1) is 5.77. The van der Waals surface area contributed by atoms with Gasteiger partial charge in [0.15, 0.2) is 6.19 Å². The van der Waals surface area contributed by atoms with Crippen LogP contribution in [0.25, 0.3) is 0 Å². The number of hydrogen-bond donors (Lipinski definition) is 1. The van der Waals surface area contributed by atoms with Crippen LogP contribution in [0.3, 0.4) is 0 Å². The van der Waals surface area contributed by atoms with Gasteiger partial charge >= 0.3 is 0 Å². The maximum atomic E-state index is 9.12. The van der Waals surface area contributed by atoms with E-state index in [1.807, 2.05) is 13.1 Å². The molecule has 3 nitrogen and oxygen atoms in total. The molecule has 1 aromatic rings. The molecule has 0 atom stereocenters. The number of phenols is 1. The molecule has 0 bridgehead atoms. The molecule has 0 spiro atoms. The normalized spacial score (nSPS) is 9.00. The molecule has 0 unspecified atom stereocenters. The third kappa shape index (κ3) is 1.67. The highest BCUT2D eigenvalue weighted by molar-refractivity contribution is 5.53. The maximum Gasteiger partial charge on any atom is 0.184 e. The van der Waals surface area contributed by atoms with E-state index < -0.39 is 0 Å². The van der Waals surface area contributed by atoms with Gasteiger partial charge in [-0.2, -0.15) is 5.26 Å². The summed E-state index contributed by atoms with van der Waals surface area (Å²) >= 11 is 0. The summed E-state index contributed by atoms with van der Waals surface area (Å²) in [6.07, 6.45) is 2.02. The molecule has 0 aliphatic heterocycles. The van der Waals surface area contributed by atoms with E-state index in [0.29, 0.717) is 6.54 Å². The molecule has 62 valence electrons. The van der Waals surface area contributed by atoms with Crippen molar-refractivity contribution in [2.24, 2.45) is 0 Å². The monoisotopic (exact) mass is 162 g/mol. The van der Waals surface area contributed by atoms with E-state index in [2.05, 4.69) is 0 Å². The molecule has 0 aliphatic carbocycles. The zero-order valence-electron chi connectivity index (χ0n) is 6.86. The Morgan fingerprint density at radius 1 is 1.58 bits per heavy atom. The third-order valence-electron chi connectivity index (χ3n) is 1.58. The van der Waals surface area contributed by atoms with Crippen molar-refractivity contribution in [2.75, 3.05) is 11.4 Å². The Morgan fingerprint density at radius 2 is 2.33 bits per heavy atom. The summed E-state index contributed by atoms with van der Waals surface area (Å²) in [5, 5.41) is 17.8. The second kappa shape index (κ2) is 3.63. The quantitative estimate of drug-likeness (QED) is 0.531. The maximum absolute atomic E-state index is 9.12. The molecular weight excluding hydrogens is 152 g/mol. The summed E-state index contributed by atoms with van der Waals surface area (Å²) in [5.74, 6) is 0.182. The molecule has 0 saturated carbocycles. The Balaban J connectivity index is 2.95. The second-order valence-electron chi connectivity index (χ2n) is 2.36. The average Bonchev–Trinajstić information content (AvgIpc) is 2.07. The Labute approximate surface area is 71.5 Å². The van der Waals surface area contributed by atoms with Crippen molar-refractivity contribution >= 4 is 5.69 Å². The topological polar surface area (TPSA) is 47.3 Å². The number of aromatic hydroxyl groups is 1. The lowest BCUT2D eigenvalue weighted by atomic mass is 10.3.